The lowest BCUT2D eigenvalue weighted by Gasteiger charge is -2.50. The summed E-state index contributed by atoms with van der Waals surface area (Å²) < 4.78 is 25.5. The second-order valence-corrected chi connectivity index (χ2v) is 9.77. The van der Waals surface area contributed by atoms with Crippen LogP contribution in [0.5, 0.6) is 0 Å². The number of aliphatic hydroxyl groups excluding tert-OH is 1. The predicted octanol–water partition coefficient (Wildman–Crippen LogP) is 4.50. The molecule has 0 radical (unpaired) electrons. The van der Waals surface area contributed by atoms with E-state index in [1.54, 1.807) is 0 Å². The van der Waals surface area contributed by atoms with Crippen LogP contribution in [0.1, 0.15) is 12.5 Å². The Hall–Kier alpha value is -1.37. The van der Waals surface area contributed by atoms with Gasteiger partial charge in [0.25, 0.3) is 5.97 Å². The van der Waals surface area contributed by atoms with E-state index >= 15 is 0 Å². The molecule has 10 heteroatoms. The van der Waals surface area contributed by atoms with Gasteiger partial charge in [-0.1, -0.05) is 53.3 Å². The fraction of sp³-hybridized carbons (Fsp3) is 0.455. The van der Waals surface area contributed by atoms with Crippen LogP contribution in [0.2, 0.25) is 0 Å². The number of thioether (sulfide) groups is 1. The first-order valence-corrected chi connectivity index (χ1v) is 12.3. The Morgan fingerprint density at radius 2 is 2.00 bits per heavy atom. The molecule has 32 heavy (non-hydrogen) atoms. The van der Waals surface area contributed by atoms with E-state index in [0.29, 0.717) is 13.0 Å². The van der Waals surface area contributed by atoms with Crippen LogP contribution in [-0.4, -0.2) is 54.1 Å². The van der Waals surface area contributed by atoms with Crippen molar-refractivity contribution in [1.29, 1.82) is 0 Å². The van der Waals surface area contributed by atoms with Crippen molar-refractivity contribution in [3.8, 4) is 0 Å². The lowest BCUT2D eigenvalue weighted by molar-refractivity contribution is -0.440. The Morgan fingerprint density at radius 1 is 1.25 bits per heavy atom. The molecule has 8 nitrogen and oxygen atoms in total. The summed E-state index contributed by atoms with van der Waals surface area (Å²) in [5, 5.41) is 14.9. The van der Waals surface area contributed by atoms with Crippen molar-refractivity contribution in [2.45, 2.75) is 54.0 Å². The fourth-order valence-electron chi connectivity index (χ4n) is 3.87. The summed E-state index contributed by atoms with van der Waals surface area (Å²) in [4.78, 5) is 3.91. The Kier molecular flexibility index (Phi) is 7.95. The topological polar surface area (TPSA) is 106 Å². The first kappa shape index (κ1) is 23.8. The standard InChI is InChI=1S/C22H24IN3O5S/c1-2-28-22(12-14-8-6-7-11-16(14)23)29-13-17-20(31-22)18(25-26-24)19(27)21(30-17)32-15-9-4-3-5-10-15/h3-11,17-21,27H,2,12-13H2,1H3/t17-,18-,19+,20-,21-,22+/m1/s1. The van der Waals surface area contributed by atoms with Gasteiger partial charge in [-0.2, -0.15) is 0 Å². The number of hydrogen-bond acceptors (Lipinski definition) is 7. The zero-order valence-corrected chi connectivity index (χ0v) is 20.4. The molecule has 0 aliphatic carbocycles. The number of aliphatic hydroxyl groups is 1. The summed E-state index contributed by atoms with van der Waals surface area (Å²) in [5.41, 5.74) is 9.57. The highest BCUT2D eigenvalue weighted by molar-refractivity contribution is 14.1. The summed E-state index contributed by atoms with van der Waals surface area (Å²) in [6.45, 7) is 2.41. The van der Waals surface area contributed by atoms with Gasteiger partial charge in [0.15, 0.2) is 0 Å². The molecule has 0 saturated carbocycles. The minimum absolute atomic E-state index is 0.185. The number of halogens is 1. The minimum atomic E-state index is -1.36. The van der Waals surface area contributed by atoms with Crippen molar-refractivity contribution in [2.75, 3.05) is 13.2 Å². The molecular formula is C22H24IN3O5S. The molecule has 2 aromatic carbocycles. The predicted molar refractivity (Wildman–Crippen MR) is 128 cm³/mol. The maximum Gasteiger partial charge on any atom is 0.287 e. The SMILES string of the molecule is CCO[C@@]1(Cc2ccccc2I)OC[C@H]2O[C@H](Sc3ccccc3)[C@@H](O)[C@@H](N=[N+]=[N-])[C@@H]2O1. The van der Waals surface area contributed by atoms with Gasteiger partial charge in [0.2, 0.25) is 0 Å². The highest BCUT2D eigenvalue weighted by atomic mass is 127. The van der Waals surface area contributed by atoms with Crippen LogP contribution in [0.3, 0.4) is 0 Å². The molecule has 2 fully saturated rings. The highest BCUT2D eigenvalue weighted by Gasteiger charge is 2.54. The molecule has 2 aromatic rings. The molecule has 0 spiro atoms. The Morgan fingerprint density at radius 3 is 2.72 bits per heavy atom. The van der Waals surface area contributed by atoms with Crippen LogP contribution < -0.4 is 0 Å². The molecular weight excluding hydrogens is 545 g/mol. The zero-order chi connectivity index (χ0) is 22.6. The number of benzene rings is 2. The van der Waals surface area contributed by atoms with Gasteiger partial charge < -0.3 is 24.1 Å². The summed E-state index contributed by atoms with van der Waals surface area (Å²) in [5.74, 6) is -1.36. The Bertz CT molecular complexity index is 964. The van der Waals surface area contributed by atoms with Crippen molar-refractivity contribution >= 4 is 34.4 Å². The monoisotopic (exact) mass is 569 g/mol. The van der Waals surface area contributed by atoms with Crippen LogP contribution in [0.25, 0.3) is 10.4 Å². The molecule has 0 bridgehead atoms. The number of fused-ring (bicyclic) bond motifs is 1. The van der Waals surface area contributed by atoms with Gasteiger partial charge in [0.1, 0.15) is 23.7 Å². The normalized spacial score (nSPS) is 32.0. The Labute approximate surface area is 204 Å². The van der Waals surface area contributed by atoms with Gasteiger partial charge in [0, 0.05) is 20.0 Å². The van der Waals surface area contributed by atoms with E-state index in [4.69, 9.17) is 18.9 Å². The number of hydrogen-bond donors (Lipinski definition) is 1. The average molecular weight is 569 g/mol. The van der Waals surface area contributed by atoms with Crippen molar-refractivity contribution in [2.24, 2.45) is 5.11 Å². The van der Waals surface area contributed by atoms with Crippen LogP contribution in [-0.2, 0) is 25.4 Å². The summed E-state index contributed by atoms with van der Waals surface area (Å²) in [7, 11) is 0. The second kappa shape index (κ2) is 10.7. The van der Waals surface area contributed by atoms with Crippen molar-refractivity contribution in [1.82, 2.24) is 0 Å². The van der Waals surface area contributed by atoms with E-state index in [2.05, 4.69) is 32.6 Å². The maximum atomic E-state index is 11.0. The quantitative estimate of drug-likeness (QED) is 0.228. The number of nitrogens with zero attached hydrogens (tertiary/aromatic N) is 3. The first-order chi connectivity index (χ1) is 15.5. The van der Waals surface area contributed by atoms with Crippen LogP contribution in [0.4, 0.5) is 0 Å². The minimum Gasteiger partial charge on any atom is -0.389 e. The van der Waals surface area contributed by atoms with Gasteiger partial charge in [-0.05, 0) is 58.8 Å². The lowest BCUT2D eigenvalue weighted by Crippen LogP contribution is -2.65. The highest BCUT2D eigenvalue weighted by Crippen LogP contribution is 2.40. The smallest absolute Gasteiger partial charge is 0.287 e. The number of azide groups is 1. The Balaban J connectivity index is 1.58. The third-order valence-electron chi connectivity index (χ3n) is 5.33. The molecule has 6 atom stereocenters. The van der Waals surface area contributed by atoms with E-state index in [1.165, 1.54) is 11.8 Å². The van der Waals surface area contributed by atoms with E-state index in [-0.39, 0.29) is 6.61 Å². The molecule has 2 aliphatic rings. The van der Waals surface area contributed by atoms with E-state index in [1.807, 2.05) is 61.5 Å². The second-order valence-electron chi connectivity index (χ2n) is 7.44. The van der Waals surface area contributed by atoms with Crippen molar-refractivity contribution in [3.05, 3.63) is 74.2 Å². The summed E-state index contributed by atoms with van der Waals surface area (Å²) in [6, 6.07) is 16.7. The molecule has 4 rings (SSSR count). The molecule has 1 N–H and O–H groups in total. The van der Waals surface area contributed by atoms with Gasteiger partial charge >= 0.3 is 0 Å². The average Bonchev–Trinajstić information content (AvgIpc) is 2.80. The van der Waals surface area contributed by atoms with Gasteiger partial charge in [-0.3, -0.25) is 0 Å². The first-order valence-electron chi connectivity index (χ1n) is 10.3. The molecule has 0 amide bonds. The van der Waals surface area contributed by atoms with E-state index in [0.717, 1.165) is 14.0 Å². The van der Waals surface area contributed by atoms with Crippen molar-refractivity contribution < 1.29 is 24.1 Å². The molecule has 2 aliphatic heterocycles. The molecule has 2 saturated heterocycles. The largest absolute Gasteiger partial charge is 0.389 e. The van der Waals surface area contributed by atoms with Gasteiger partial charge in [-0.25, -0.2) is 0 Å². The van der Waals surface area contributed by atoms with Gasteiger partial charge in [-0.15, -0.1) is 0 Å². The van der Waals surface area contributed by atoms with Gasteiger partial charge in [0.05, 0.1) is 19.1 Å². The van der Waals surface area contributed by atoms with Crippen LogP contribution in [0, 0.1) is 3.57 Å². The number of ether oxygens (including phenoxy) is 4. The van der Waals surface area contributed by atoms with E-state index in [9.17, 15) is 10.6 Å². The third-order valence-corrected chi connectivity index (χ3v) is 7.55. The fourth-order valence-corrected chi connectivity index (χ4v) is 5.53. The number of rotatable bonds is 7. The summed E-state index contributed by atoms with van der Waals surface area (Å²) in [6.07, 6.45) is -1.94. The molecule has 0 aromatic heterocycles. The third kappa shape index (κ3) is 5.23. The lowest BCUT2D eigenvalue weighted by atomic mass is 9.96. The zero-order valence-electron chi connectivity index (χ0n) is 17.4. The van der Waals surface area contributed by atoms with E-state index < -0.39 is 35.8 Å². The molecule has 0 unspecified atom stereocenters. The van der Waals surface area contributed by atoms with Crippen molar-refractivity contribution in [3.63, 3.8) is 0 Å². The summed E-state index contributed by atoms with van der Waals surface area (Å²) >= 11 is 3.64. The van der Waals surface area contributed by atoms with Crippen LogP contribution in [0.15, 0.2) is 64.6 Å². The molecule has 170 valence electrons. The van der Waals surface area contributed by atoms with Crippen LogP contribution >= 0.6 is 34.4 Å². The maximum absolute atomic E-state index is 11.0. The molecule has 2 heterocycles.